The van der Waals surface area contributed by atoms with Crippen molar-refractivity contribution in [2.24, 2.45) is 0 Å². The smallest absolute Gasteiger partial charge is 0.245 e. The van der Waals surface area contributed by atoms with Crippen molar-refractivity contribution in [3.05, 3.63) is 30.1 Å². The molecule has 1 heterocycles. The summed E-state index contributed by atoms with van der Waals surface area (Å²) in [5.74, 6) is -0.687. The standard InChI is InChI=1S/C12H17FN2O2S.ClH/c1-14-10-6-8-15(9-7-10)18(16,17)12-5-3-2-4-11(12)13;/h2-5,10,14H,6-9H2,1H3;1H. The zero-order valence-corrected chi connectivity index (χ0v) is 12.3. The molecule has 0 aliphatic carbocycles. The first-order chi connectivity index (χ1) is 8.55. The minimum absolute atomic E-state index is 0. The van der Waals surface area contributed by atoms with Crippen molar-refractivity contribution >= 4 is 22.4 Å². The molecule has 0 spiro atoms. The van der Waals surface area contributed by atoms with Gasteiger partial charge in [0.05, 0.1) is 0 Å². The van der Waals surface area contributed by atoms with Crippen LogP contribution in [-0.2, 0) is 10.0 Å². The molecule has 0 amide bonds. The summed E-state index contributed by atoms with van der Waals surface area (Å²) in [6.45, 7) is 0.865. The van der Waals surface area contributed by atoms with Gasteiger partial charge >= 0.3 is 0 Å². The number of nitrogens with one attached hydrogen (secondary N) is 1. The molecule has 1 aliphatic heterocycles. The van der Waals surface area contributed by atoms with E-state index in [1.807, 2.05) is 7.05 Å². The number of halogens is 2. The van der Waals surface area contributed by atoms with Crippen LogP contribution in [0.25, 0.3) is 0 Å². The van der Waals surface area contributed by atoms with Gasteiger partial charge < -0.3 is 5.32 Å². The summed E-state index contributed by atoms with van der Waals surface area (Å²) in [6.07, 6.45) is 1.51. The fourth-order valence-electron chi connectivity index (χ4n) is 2.18. The molecule has 1 saturated heterocycles. The first-order valence-electron chi connectivity index (χ1n) is 5.97. The van der Waals surface area contributed by atoms with E-state index in [-0.39, 0.29) is 17.3 Å². The summed E-state index contributed by atoms with van der Waals surface area (Å²) >= 11 is 0. The molecule has 1 aromatic rings. The predicted molar refractivity (Wildman–Crippen MR) is 74.5 cm³/mol. The summed E-state index contributed by atoms with van der Waals surface area (Å²) in [4.78, 5) is -0.229. The Labute approximate surface area is 119 Å². The maximum atomic E-state index is 13.6. The average molecular weight is 309 g/mol. The van der Waals surface area contributed by atoms with E-state index in [2.05, 4.69) is 5.32 Å². The van der Waals surface area contributed by atoms with E-state index in [0.717, 1.165) is 12.8 Å². The van der Waals surface area contributed by atoms with Gasteiger partial charge in [-0.2, -0.15) is 4.31 Å². The van der Waals surface area contributed by atoms with Crippen molar-refractivity contribution in [3.63, 3.8) is 0 Å². The van der Waals surface area contributed by atoms with Gasteiger partial charge in [0.2, 0.25) is 10.0 Å². The van der Waals surface area contributed by atoms with Crippen LogP contribution in [0.5, 0.6) is 0 Å². The Morgan fingerprint density at radius 1 is 1.26 bits per heavy atom. The van der Waals surface area contributed by atoms with Crippen molar-refractivity contribution in [1.29, 1.82) is 0 Å². The number of sulfonamides is 1. The highest BCUT2D eigenvalue weighted by atomic mass is 35.5. The van der Waals surface area contributed by atoms with E-state index >= 15 is 0 Å². The number of nitrogens with zero attached hydrogens (tertiary/aromatic N) is 1. The van der Waals surface area contributed by atoms with Gasteiger partial charge in [-0.1, -0.05) is 12.1 Å². The Morgan fingerprint density at radius 2 is 1.84 bits per heavy atom. The lowest BCUT2D eigenvalue weighted by atomic mass is 10.1. The largest absolute Gasteiger partial charge is 0.317 e. The van der Waals surface area contributed by atoms with E-state index < -0.39 is 15.8 Å². The van der Waals surface area contributed by atoms with Crippen LogP contribution in [0.1, 0.15) is 12.8 Å². The molecular formula is C12H18ClFN2O2S. The van der Waals surface area contributed by atoms with Crippen LogP contribution < -0.4 is 5.32 Å². The molecule has 0 saturated carbocycles. The molecule has 0 radical (unpaired) electrons. The third-order valence-electron chi connectivity index (χ3n) is 3.32. The van der Waals surface area contributed by atoms with Crippen LogP contribution in [0.15, 0.2) is 29.2 Å². The first kappa shape index (κ1) is 16.4. The lowest BCUT2D eigenvalue weighted by molar-refractivity contribution is 0.297. The Balaban J connectivity index is 0.00000180. The van der Waals surface area contributed by atoms with Gasteiger partial charge in [0.15, 0.2) is 0 Å². The van der Waals surface area contributed by atoms with Crippen molar-refractivity contribution in [2.45, 2.75) is 23.8 Å². The molecule has 0 bridgehead atoms. The van der Waals surface area contributed by atoms with Crippen molar-refractivity contribution in [1.82, 2.24) is 9.62 Å². The van der Waals surface area contributed by atoms with Gasteiger partial charge in [0, 0.05) is 19.1 Å². The average Bonchev–Trinajstić information content (AvgIpc) is 2.39. The van der Waals surface area contributed by atoms with Gasteiger partial charge in [-0.15, -0.1) is 12.4 Å². The van der Waals surface area contributed by atoms with Crippen molar-refractivity contribution in [3.8, 4) is 0 Å². The summed E-state index contributed by atoms with van der Waals surface area (Å²) in [5.41, 5.74) is 0. The molecule has 0 aromatic heterocycles. The minimum Gasteiger partial charge on any atom is -0.317 e. The lowest BCUT2D eigenvalue weighted by Gasteiger charge is -2.31. The number of piperidine rings is 1. The molecule has 2 rings (SSSR count). The second-order valence-electron chi connectivity index (χ2n) is 4.40. The van der Waals surface area contributed by atoms with Crippen LogP contribution in [-0.4, -0.2) is 38.9 Å². The number of rotatable bonds is 3. The predicted octanol–water partition coefficient (Wildman–Crippen LogP) is 1.62. The van der Waals surface area contributed by atoms with Crippen LogP contribution in [0, 0.1) is 5.82 Å². The topological polar surface area (TPSA) is 49.4 Å². The van der Waals surface area contributed by atoms with Crippen molar-refractivity contribution in [2.75, 3.05) is 20.1 Å². The van der Waals surface area contributed by atoms with E-state index in [1.165, 1.54) is 28.6 Å². The van der Waals surface area contributed by atoms with Crippen LogP contribution in [0.2, 0.25) is 0 Å². The van der Waals surface area contributed by atoms with E-state index in [9.17, 15) is 12.8 Å². The van der Waals surface area contributed by atoms with Gasteiger partial charge in [-0.25, -0.2) is 12.8 Å². The molecule has 1 aromatic carbocycles. The van der Waals surface area contributed by atoms with E-state index in [4.69, 9.17) is 0 Å². The van der Waals surface area contributed by atoms with Gasteiger partial charge in [-0.3, -0.25) is 0 Å². The highest BCUT2D eigenvalue weighted by molar-refractivity contribution is 7.89. The quantitative estimate of drug-likeness (QED) is 0.923. The molecule has 19 heavy (non-hydrogen) atoms. The summed E-state index contributed by atoms with van der Waals surface area (Å²) in [6, 6.07) is 5.86. The summed E-state index contributed by atoms with van der Waals surface area (Å²) in [5, 5.41) is 3.13. The maximum Gasteiger partial charge on any atom is 0.245 e. The Kier molecular flexibility index (Phi) is 5.73. The molecule has 1 fully saturated rings. The third-order valence-corrected chi connectivity index (χ3v) is 5.25. The van der Waals surface area contributed by atoms with Gasteiger partial charge in [-0.05, 0) is 32.0 Å². The van der Waals surface area contributed by atoms with E-state index in [0.29, 0.717) is 19.1 Å². The van der Waals surface area contributed by atoms with Crippen molar-refractivity contribution < 1.29 is 12.8 Å². The highest BCUT2D eigenvalue weighted by Gasteiger charge is 2.30. The normalized spacial score (nSPS) is 18.0. The molecule has 1 aliphatic rings. The molecule has 4 nitrogen and oxygen atoms in total. The Morgan fingerprint density at radius 3 is 2.37 bits per heavy atom. The zero-order valence-electron chi connectivity index (χ0n) is 10.7. The van der Waals surface area contributed by atoms with Crippen LogP contribution in [0.4, 0.5) is 4.39 Å². The fraction of sp³-hybridized carbons (Fsp3) is 0.500. The molecule has 0 atom stereocenters. The van der Waals surface area contributed by atoms with Gasteiger partial charge in [0.1, 0.15) is 10.7 Å². The monoisotopic (exact) mass is 308 g/mol. The fourth-order valence-corrected chi connectivity index (χ4v) is 3.71. The van der Waals surface area contributed by atoms with E-state index in [1.54, 1.807) is 0 Å². The number of hydrogen-bond acceptors (Lipinski definition) is 3. The molecule has 7 heteroatoms. The Bertz CT molecular complexity index is 516. The van der Waals surface area contributed by atoms with Crippen LogP contribution >= 0.6 is 12.4 Å². The molecule has 108 valence electrons. The number of hydrogen-bond donors (Lipinski definition) is 1. The maximum absolute atomic E-state index is 13.6. The summed E-state index contributed by atoms with van der Waals surface area (Å²) < 4.78 is 39.5. The lowest BCUT2D eigenvalue weighted by Crippen LogP contribution is -2.44. The summed E-state index contributed by atoms with van der Waals surface area (Å²) in [7, 11) is -1.83. The minimum atomic E-state index is -3.69. The highest BCUT2D eigenvalue weighted by Crippen LogP contribution is 2.22. The molecule has 0 unspecified atom stereocenters. The number of benzene rings is 1. The van der Waals surface area contributed by atoms with Gasteiger partial charge in [0.25, 0.3) is 0 Å². The molecule has 1 N–H and O–H groups in total. The second kappa shape index (κ2) is 6.65. The van der Waals surface area contributed by atoms with Crippen LogP contribution in [0.3, 0.4) is 0 Å². The second-order valence-corrected chi connectivity index (χ2v) is 6.30. The Hall–Kier alpha value is -0.690. The first-order valence-corrected chi connectivity index (χ1v) is 7.41. The third kappa shape index (κ3) is 3.45. The molecular weight excluding hydrogens is 291 g/mol. The SMILES string of the molecule is CNC1CCN(S(=O)(=O)c2ccccc2F)CC1.Cl. The zero-order chi connectivity index (χ0) is 13.2.